The third-order valence-electron chi connectivity index (χ3n) is 5.12. The standard InChI is InChI=1S/C21H21BrN4O3/c1-29-18-7-6-15(22)8-14(18)10-23-19(27)11-26-12-24-20-16(21(26)28)9-13-4-2-3-5-17(13)25-20/h6-9,12H,2-5,10-11H2,1H3,(H,23,27). The van der Waals surface area contributed by atoms with E-state index in [2.05, 4.69) is 31.2 Å². The van der Waals surface area contributed by atoms with Gasteiger partial charge >= 0.3 is 0 Å². The minimum absolute atomic E-state index is 0.102. The van der Waals surface area contributed by atoms with Gasteiger partial charge in [-0.15, -0.1) is 0 Å². The smallest absolute Gasteiger partial charge is 0.263 e. The number of ether oxygens (including phenoxy) is 1. The molecule has 1 amide bonds. The molecule has 0 aliphatic heterocycles. The molecule has 0 unspecified atom stereocenters. The molecule has 0 bridgehead atoms. The number of amides is 1. The van der Waals surface area contributed by atoms with E-state index in [4.69, 9.17) is 4.74 Å². The van der Waals surface area contributed by atoms with Crippen molar-refractivity contribution in [2.24, 2.45) is 0 Å². The Morgan fingerprint density at radius 1 is 1.28 bits per heavy atom. The molecular weight excluding hydrogens is 436 g/mol. The number of hydrogen-bond acceptors (Lipinski definition) is 5. The molecule has 1 aliphatic carbocycles. The number of methoxy groups -OCH3 is 1. The molecular formula is C21H21BrN4O3. The molecule has 3 aromatic rings. The average Bonchev–Trinajstić information content (AvgIpc) is 2.73. The van der Waals surface area contributed by atoms with Crippen LogP contribution in [0.25, 0.3) is 11.0 Å². The summed E-state index contributed by atoms with van der Waals surface area (Å²) in [6.07, 6.45) is 5.48. The molecule has 8 heteroatoms. The monoisotopic (exact) mass is 456 g/mol. The summed E-state index contributed by atoms with van der Waals surface area (Å²) in [5.41, 5.74) is 3.20. The van der Waals surface area contributed by atoms with Crippen LogP contribution in [0.2, 0.25) is 0 Å². The van der Waals surface area contributed by atoms with Crippen LogP contribution in [0.15, 0.2) is 39.9 Å². The Morgan fingerprint density at radius 3 is 2.93 bits per heavy atom. The van der Waals surface area contributed by atoms with Gasteiger partial charge in [0.05, 0.1) is 12.5 Å². The summed E-state index contributed by atoms with van der Waals surface area (Å²) in [6.45, 7) is 0.196. The van der Waals surface area contributed by atoms with E-state index in [0.717, 1.165) is 47.0 Å². The van der Waals surface area contributed by atoms with Crippen molar-refractivity contribution in [2.75, 3.05) is 7.11 Å². The molecule has 0 atom stereocenters. The van der Waals surface area contributed by atoms with Crippen LogP contribution in [0.5, 0.6) is 5.75 Å². The quantitative estimate of drug-likeness (QED) is 0.637. The van der Waals surface area contributed by atoms with Crippen LogP contribution in [0.3, 0.4) is 0 Å². The lowest BCUT2D eigenvalue weighted by Gasteiger charge is -2.15. The number of nitrogens with zero attached hydrogens (tertiary/aromatic N) is 3. The summed E-state index contributed by atoms with van der Waals surface area (Å²) in [5, 5.41) is 3.30. The first kappa shape index (κ1) is 19.6. The zero-order valence-corrected chi connectivity index (χ0v) is 17.7. The SMILES string of the molecule is COc1ccc(Br)cc1CNC(=O)Cn1cnc2nc3c(cc2c1=O)CCCC3. The molecule has 0 spiro atoms. The van der Waals surface area contributed by atoms with Gasteiger partial charge in [0, 0.05) is 22.3 Å². The molecule has 29 heavy (non-hydrogen) atoms. The predicted molar refractivity (Wildman–Crippen MR) is 113 cm³/mol. The van der Waals surface area contributed by atoms with E-state index in [9.17, 15) is 9.59 Å². The Kier molecular flexibility index (Phi) is 5.62. The number of aryl methyl sites for hydroxylation is 2. The fourth-order valence-electron chi connectivity index (χ4n) is 3.61. The van der Waals surface area contributed by atoms with Gasteiger partial charge in [0.25, 0.3) is 5.56 Å². The van der Waals surface area contributed by atoms with Crippen molar-refractivity contribution in [2.45, 2.75) is 38.8 Å². The zero-order valence-electron chi connectivity index (χ0n) is 16.1. The largest absolute Gasteiger partial charge is 0.496 e. The fraction of sp³-hybridized carbons (Fsp3) is 0.333. The highest BCUT2D eigenvalue weighted by molar-refractivity contribution is 9.10. The molecule has 0 saturated heterocycles. The second-order valence-corrected chi connectivity index (χ2v) is 8.00. The van der Waals surface area contributed by atoms with Crippen molar-refractivity contribution >= 4 is 32.9 Å². The summed E-state index contributed by atoms with van der Waals surface area (Å²) < 4.78 is 7.54. The minimum Gasteiger partial charge on any atom is -0.496 e. The number of fused-ring (bicyclic) bond motifs is 2. The number of hydrogen-bond donors (Lipinski definition) is 1. The molecule has 0 radical (unpaired) electrons. The topological polar surface area (TPSA) is 86.1 Å². The molecule has 2 heterocycles. The van der Waals surface area contributed by atoms with Crippen molar-refractivity contribution in [1.29, 1.82) is 0 Å². The van der Waals surface area contributed by atoms with E-state index in [0.29, 0.717) is 23.3 Å². The number of aromatic nitrogens is 3. The molecule has 1 N–H and O–H groups in total. The Balaban J connectivity index is 1.52. The number of carbonyl (C=O) groups is 1. The first-order valence-corrected chi connectivity index (χ1v) is 10.3. The van der Waals surface area contributed by atoms with Crippen molar-refractivity contribution in [3.05, 3.63) is 62.2 Å². The van der Waals surface area contributed by atoms with E-state index in [1.54, 1.807) is 7.11 Å². The number of rotatable bonds is 5. The van der Waals surface area contributed by atoms with Gasteiger partial charge in [0.1, 0.15) is 18.6 Å². The molecule has 4 rings (SSSR count). The molecule has 150 valence electrons. The van der Waals surface area contributed by atoms with Gasteiger partial charge < -0.3 is 10.1 Å². The molecule has 0 saturated carbocycles. The maximum atomic E-state index is 12.8. The van der Waals surface area contributed by atoms with Gasteiger partial charge in [-0.25, -0.2) is 9.97 Å². The highest BCUT2D eigenvalue weighted by Gasteiger charge is 2.15. The van der Waals surface area contributed by atoms with Crippen molar-refractivity contribution in [1.82, 2.24) is 19.9 Å². The van der Waals surface area contributed by atoms with Crippen LogP contribution < -0.4 is 15.6 Å². The Morgan fingerprint density at radius 2 is 2.10 bits per heavy atom. The first-order valence-electron chi connectivity index (χ1n) is 9.52. The predicted octanol–water partition coefficient (Wildman–Crippen LogP) is 2.76. The summed E-state index contributed by atoms with van der Waals surface area (Å²) in [5.74, 6) is 0.412. The maximum Gasteiger partial charge on any atom is 0.263 e. The average molecular weight is 457 g/mol. The molecule has 1 aromatic carbocycles. The second-order valence-electron chi connectivity index (χ2n) is 7.08. The van der Waals surface area contributed by atoms with Gasteiger partial charge in [-0.2, -0.15) is 0 Å². The van der Waals surface area contributed by atoms with Gasteiger partial charge in [-0.05, 0) is 55.5 Å². The van der Waals surface area contributed by atoms with Gasteiger partial charge in [-0.3, -0.25) is 14.2 Å². The van der Waals surface area contributed by atoms with Crippen LogP contribution in [-0.2, 0) is 30.7 Å². The molecule has 7 nitrogen and oxygen atoms in total. The lowest BCUT2D eigenvalue weighted by Crippen LogP contribution is -2.32. The van der Waals surface area contributed by atoms with E-state index in [1.165, 1.54) is 10.9 Å². The lowest BCUT2D eigenvalue weighted by molar-refractivity contribution is -0.121. The highest BCUT2D eigenvalue weighted by Crippen LogP contribution is 2.23. The highest BCUT2D eigenvalue weighted by atomic mass is 79.9. The van der Waals surface area contributed by atoms with Gasteiger partial charge in [0.2, 0.25) is 5.91 Å². The van der Waals surface area contributed by atoms with Crippen LogP contribution in [0.1, 0.15) is 29.7 Å². The Hall–Kier alpha value is -2.74. The number of nitrogens with one attached hydrogen (secondary N) is 1. The lowest BCUT2D eigenvalue weighted by atomic mass is 9.95. The van der Waals surface area contributed by atoms with Crippen molar-refractivity contribution in [3.8, 4) is 5.75 Å². The summed E-state index contributed by atoms with van der Waals surface area (Å²) in [4.78, 5) is 34.1. The van der Waals surface area contributed by atoms with Crippen molar-refractivity contribution < 1.29 is 9.53 Å². The van der Waals surface area contributed by atoms with Crippen LogP contribution in [-0.4, -0.2) is 27.6 Å². The first-order chi connectivity index (χ1) is 14.0. The number of pyridine rings is 1. The third-order valence-corrected chi connectivity index (χ3v) is 5.62. The summed E-state index contributed by atoms with van der Waals surface area (Å²) in [6, 6.07) is 7.48. The molecule has 0 fully saturated rings. The maximum absolute atomic E-state index is 12.8. The normalized spacial score (nSPS) is 13.2. The summed E-state index contributed by atoms with van der Waals surface area (Å²) in [7, 11) is 1.58. The van der Waals surface area contributed by atoms with Crippen molar-refractivity contribution in [3.63, 3.8) is 0 Å². The van der Waals surface area contributed by atoms with Gasteiger partial charge in [0.15, 0.2) is 5.65 Å². The third kappa shape index (κ3) is 4.17. The van der Waals surface area contributed by atoms with Gasteiger partial charge in [-0.1, -0.05) is 15.9 Å². The molecule has 2 aromatic heterocycles. The molecule has 1 aliphatic rings. The Bertz CT molecular complexity index is 1140. The van der Waals surface area contributed by atoms with Crippen LogP contribution in [0, 0.1) is 0 Å². The Labute approximate surface area is 176 Å². The number of halogens is 1. The van der Waals surface area contributed by atoms with Crippen LogP contribution in [0.4, 0.5) is 0 Å². The number of carbonyl (C=O) groups excluding carboxylic acids is 1. The van der Waals surface area contributed by atoms with E-state index in [1.807, 2.05) is 24.3 Å². The zero-order chi connectivity index (χ0) is 20.4. The van der Waals surface area contributed by atoms with Crippen LogP contribution >= 0.6 is 15.9 Å². The number of benzene rings is 1. The van der Waals surface area contributed by atoms with E-state index >= 15 is 0 Å². The second kappa shape index (κ2) is 8.32. The van der Waals surface area contributed by atoms with E-state index < -0.39 is 0 Å². The summed E-state index contributed by atoms with van der Waals surface area (Å²) >= 11 is 3.42. The fourth-order valence-corrected chi connectivity index (χ4v) is 4.02. The van der Waals surface area contributed by atoms with E-state index in [-0.39, 0.29) is 18.0 Å². The minimum atomic E-state index is -0.277.